The van der Waals surface area contributed by atoms with Gasteiger partial charge in [0.2, 0.25) is 0 Å². The fourth-order valence-electron chi connectivity index (χ4n) is 3.47. The molecule has 1 N–H and O–H groups in total. The van der Waals surface area contributed by atoms with Crippen LogP contribution in [0, 0.1) is 0 Å². The van der Waals surface area contributed by atoms with E-state index in [1.807, 2.05) is 73.7 Å². The van der Waals surface area contributed by atoms with Crippen molar-refractivity contribution < 1.29 is 5.11 Å². The van der Waals surface area contributed by atoms with Gasteiger partial charge in [0, 0.05) is 13.1 Å². The molecule has 3 atom stereocenters. The summed E-state index contributed by atoms with van der Waals surface area (Å²) in [6, 6.07) is 30.5. The maximum absolute atomic E-state index is 10.6. The Morgan fingerprint density at radius 1 is 0.741 bits per heavy atom. The van der Waals surface area contributed by atoms with E-state index in [9.17, 15) is 5.11 Å². The number of aliphatic hydroxyl groups is 1. The van der Waals surface area contributed by atoms with Gasteiger partial charge in [-0.2, -0.15) is 0 Å². The lowest BCUT2D eigenvalue weighted by Crippen LogP contribution is -2.44. The number of benzene rings is 3. The largest absolute Gasteiger partial charge is 0.392 e. The molecule has 140 valence electrons. The van der Waals surface area contributed by atoms with Crippen molar-refractivity contribution in [2.24, 2.45) is 0 Å². The second kappa shape index (κ2) is 9.70. The topological polar surface area (TPSA) is 23.5 Å². The molecule has 0 saturated carbocycles. The number of rotatable bonds is 8. The van der Waals surface area contributed by atoms with Crippen molar-refractivity contribution in [3.8, 4) is 0 Å². The summed E-state index contributed by atoms with van der Waals surface area (Å²) in [5, 5.41) is 10.3. The standard InChI is InChI=1S/C24H26ClNO/c1-19(27)24(23(25)22-15-9-4-10-16-22)26(17-20-11-5-2-6-12-20)18-21-13-7-3-8-14-21/h2-16,19,23-24,27H,17-18H2,1H3/t19-,23?,24+/m0/s1. The molecule has 0 aliphatic rings. The molecule has 0 saturated heterocycles. The monoisotopic (exact) mass is 379 g/mol. The average molecular weight is 380 g/mol. The molecule has 0 radical (unpaired) electrons. The van der Waals surface area contributed by atoms with Gasteiger partial charge in [0.25, 0.3) is 0 Å². The van der Waals surface area contributed by atoms with Gasteiger partial charge in [-0.15, -0.1) is 11.6 Å². The number of aliphatic hydroxyl groups excluding tert-OH is 1. The minimum atomic E-state index is -0.569. The molecule has 0 aromatic heterocycles. The van der Waals surface area contributed by atoms with E-state index in [0.717, 1.165) is 18.7 Å². The molecule has 0 fully saturated rings. The number of nitrogens with zero attached hydrogens (tertiary/aromatic N) is 1. The van der Waals surface area contributed by atoms with Gasteiger partial charge in [0.05, 0.1) is 17.5 Å². The first-order valence-electron chi connectivity index (χ1n) is 9.34. The van der Waals surface area contributed by atoms with Gasteiger partial charge in [-0.1, -0.05) is 91.0 Å². The molecule has 3 aromatic rings. The van der Waals surface area contributed by atoms with E-state index in [4.69, 9.17) is 11.6 Å². The summed E-state index contributed by atoms with van der Waals surface area (Å²) < 4.78 is 0. The van der Waals surface area contributed by atoms with Crippen LogP contribution in [0.25, 0.3) is 0 Å². The number of alkyl halides is 1. The molecule has 0 spiro atoms. The first-order chi connectivity index (χ1) is 13.1. The Morgan fingerprint density at radius 2 is 1.15 bits per heavy atom. The lowest BCUT2D eigenvalue weighted by atomic mass is 9.98. The summed E-state index contributed by atoms with van der Waals surface area (Å²) in [4.78, 5) is 2.28. The highest BCUT2D eigenvalue weighted by atomic mass is 35.5. The molecule has 0 aliphatic carbocycles. The van der Waals surface area contributed by atoms with Crippen LogP contribution >= 0.6 is 11.6 Å². The van der Waals surface area contributed by atoms with Crippen molar-refractivity contribution in [2.75, 3.05) is 0 Å². The minimum absolute atomic E-state index is 0.213. The molecular weight excluding hydrogens is 354 g/mol. The van der Waals surface area contributed by atoms with Crippen molar-refractivity contribution in [2.45, 2.75) is 37.5 Å². The highest BCUT2D eigenvalue weighted by Crippen LogP contribution is 2.32. The predicted molar refractivity (Wildman–Crippen MR) is 113 cm³/mol. The Bertz CT molecular complexity index is 751. The molecule has 0 amide bonds. The van der Waals surface area contributed by atoms with E-state index in [2.05, 4.69) is 29.2 Å². The molecule has 27 heavy (non-hydrogen) atoms. The van der Waals surface area contributed by atoms with Crippen LogP contribution in [-0.2, 0) is 13.1 Å². The fraction of sp³-hybridized carbons (Fsp3) is 0.250. The second-order valence-corrected chi connectivity index (χ2v) is 7.39. The summed E-state index contributed by atoms with van der Waals surface area (Å²) >= 11 is 6.89. The minimum Gasteiger partial charge on any atom is -0.392 e. The predicted octanol–water partition coefficient (Wildman–Crippen LogP) is 5.42. The van der Waals surface area contributed by atoms with Crippen LogP contribution in [-0.4, -0.2) is 22.2 Å². The van der Waals surface area contributed by atoms with Crippen LogP contribution in [0.1, 0.15) is 29.0 Å². The van der Waals surface area contributed by atoms with Crippen LogP contribution in [0.2, 0.25) is 0 Å². The molecule has 3 aromatic carbocycles. The smallest absolute Gasteiger partial charge is 0.0765 e. The summed E-state index contributed by atoms with van der Waals surface area (Å²) in [5.74, 6) is 0. The maximum atomic E-state index is 10.6. The molecule has 3 heteroatoms. The van der Waals surface area contributed by atoms with Crippen LogP contribution in [0.5, 0.6) is 0 Å². The summed E-state index contributed by atoms with van der Waals surface area (Å²) in [7, 11) is 0. The second-order valence-electron chi connectivity index (χ2n) is 6.92. The fourth-order valence-corrected chi connectivity index (χ4v) is 3.99. The third-order valence-electron chi connectivity index (χ3n) is 4.79. The van der Waals surface area contributed by atoms with E-state index in [1.54, 1.807) is 0 Å². The van der Waals surface area contributed by atoms with E-state index < -0.39 is 6.10 Å². The van der Waals surface area contributed by atoms with Crippen molar-refractivity contribution in [3.63, 3.8) is 0 Å². The van der Waals surface area contributed by atoms with E-state index >= 15 is 0 Å². The zero-order valence-corrected chi connectivity index (χ0v) is 16.3. The van der Waals surface area contributed by atoms with Crippen LogP contribution < -0.4 is 0 Å². The van der Waals surface area contributed by atoms with Crippen LogP contribution in [0.15, 0.2) is 91.0 Å². The van der Waals surface area contributed by atoms with Gasteiger partial charge in [-0.05, 0) is 23.6 Å². The molecule has 0 bridgehead atoms. The van der Waals surface area contributed by atoms with Crippen molar-refractivity contribution in [1.29, 1.82) is 0 Å². The van der Waals surface area contributed by atoms with E-state index in [1.165, 1.54) is 11.1 Å². The summed E-state index contributed by atoms with van der Waals surface area (Å²) in [6.45, 7) is 3.27. The first-order valence-corrected chi connectivity index (χ1v) is 9.78. The zero-order chi connectivity index (χ0) is 19.1. The lowest BCUT2D eigenvalue weighted by molar-refractivity contribution is 0.0477. The first kappa shape index (κ1) is 19.6. The number of halogens is 1. The van der Waals surface area contributed by atoms with Gasteiger partial charge in [-0.3, -0.25) is 4.90 Å². The van der Waals surface area contributed by atoms with E-state index in [-0.39, 0.29) is 11.4 Å². The molecule has 1 unspecified atom stereocenters. The zero-order valence-electron chi connectivity index (χ0n) is 15.6. The number of hydrogen-bond acceptors (Lipinski definition) is 2. The van der Waals surface area contributed by atoms with Gasteiger partial charge >= 0.3 is 0 Å². The SMILES string of the molecule is C[C@H](O)[C@H](C(Cl)c1ccccc1)N(Cc1ccccc1)Cc1ccccc1. The molecule has 0 aliphatic heterocycles. The van der Waals surface area contributed by atoms with E-state index in [0.29, 0.717) is 0 Å². The van der Waals surface area contributed by atoms with Gasteiger partial charge in [-0.25, -0.2) is 0 Å². The maximum Gasteiger partial charge on any atom is 0.0765 e. The highest BCUT2D eigenvalue weighted by molar-refractivity contribution is 6.21. The highest BCUT2D eigenvalue weighted by Gasteiger charge is 2.31. The van der Waals surface area contributed by atoms with Crippen LogP contribution in [0.3, 0.4) is 0 Å². The van der Waals surface area contributed by atoms with Crippen molar-refractivity contribution in [3.05, 3.63) is 108 Å². The summed E-state index contributed by atoms with van der Waals surface area (Å²) in [6.07, 6.45) is -0.569. The average Bonchev–Trinajstić information content (AvgIpc) is 2.70. The molecule has 0 heterocycles. The molecule has 2 nitrogen and oxygen atoms in total. The Labute approximate surface area is 167 Å². The normalized spacial score (nSPS) is 14.7. The van der Waals surface area contributed by atoms with Gasteiger partial charge in [0.15, 0.2) is 0 Å². The Kier molecular flexibility index (Phi) is 7.05. The van der Waals surface area contributed by atoms with Crippen molar-refractivity contribution in [1.82, 2.24) is 4.90 Å². The van der Waals surface area contributed by atoms with Crippen molar-refractivity contribution >= 4 is 11.6 Å². The third kappa shape index (κ3) is 5.43. The Balaban J connectivity index is 1.92. The Hall–Kier alpha value is -2.13. The number of hydrogen-bond donors (Lipinski definition) is 1. The Morgan fingerprint density at radius 3 is 1.56 bits per heavy atom. The van der Waals surface area contributed by atoms with Gasteiger partial charge in [0.1, 0.15) is 0 Å². The molecular formula is C24H26ClNO. The lowest BCUT2D eigenvalue weighted by Gasteiger charge is -2.37. The van der Waals surface area contributed by atoms with Crippen LogP contribution in [0.4, 0.5) is 0 Å². The van der Waals surface area contributed by atoms with Gasteiger partial charge < -0.3 is 5.11 Å². The summed E-state index contributed by atoms with van der Waals surface area (Å²) in [5.41, 5.74) is 3.43. The molecule has 3 rings (SSSR count). The quantitative estimate of drug-likeness (QED) is 0.528. The third-order valence-corrected chi connectivity index (χ3v) is 5.30.